The predicted molar refractivity (Wildman–Crippen MR) is 130 cm³/mol. The highest BCUT2D eigenvalue weighted by atomic mass is 16.6. The van der Waals surface area contributed by atoms with Crippen molar-refractivity contribution >= 4 is 17.9 Å². The molecule has 4 rings (SSSR count). The summed E-state index contributed by atoms with van der Waals surface area (Å²) in [5, 5.41) is 59.6. The number of fused-ring (bicyclic) bond motifs is 2. The Bertz CT molecular complexity index is 1000. The van der Waals surface area contributed by atoms with Gasteiger partial charge in [-0.3, -0.25) is 14.4 Å². The summed E-state index contributed by atoms with van der Waals surface area (Å²) < 4.78 is 17.5. The van der Waals surface area contributed by atoms with Gasteiger partial charge >= 0.3 is 17.9 Å². The summed E-state index contributed by atoms with van der Waals surface area (Å²) in [6.07, 6.45) is -7.08. The van der Waals surface area contributed by atoms with Gasteiger partial charge in [-0.25, -0.2) is 0 Å². The average Bonchev–Trinajstić information content (AvgIpc) is 3.02. The molecule has 0 aliphatic heterocycles. The number of rotatable bonds is 4. The summed E-state index contributed by atoms with van der Waals surface area (Å²) in [5.41, 5.74) is -9.12. The molecule has 11 nitrogen and oxygen atoms in total. The van der Waals surface area contributed by atoms with E-state index in [4.69, 9.17) is 14.2 Å². The van der Waals surface area contributed by atoms with E-state index in [0.29, 0.717) is 0 Å². The van der Waals surface area contributed by atoms with Crippen molar-refractivity contribution in [2.24, 2.45) is 28.6 Å². The monoisotopic (exact) mass is 542 g/mol. The zero-order valence-corrected chi connectivity index (χ0v) is 23.1. The molecule has 1 spiro atoms. The van der Waals surface area contributed by atoms with Crippen LogP contribution >= 0.6 is 0 Å². The minimum Gasteiger partial charge on any atom is -0.461 e. The van der Waals surface area contributed by atoms with Crippen LogP contribution in [0, 0.1) is 28.6 Å². The van der Waals surface area contributed by atoms with Gasteiger partial charge in [0.2, 0.25) is 0 Å². The van der Waals surface area contributed by atoms with Gasteiger partial charge in [-0.1, -0.05) is 20.8 Å². The van der Waals surface area contributed by atoms with Crippen LogP contribution in [-0.2, 0) is 28.6 Å². The smallest absolute Gasteiger partial charge is 0.305 e. The van der Waals surface area contributed by atoms with Crippen molar-refractivity contribution in [3.63, 3.8) is 0 Å². The van der Waals surface area contributed by atoms with Crippen molar-refractivity contribution in [2.45, 2.75) is 121 Å². The fraction of sp³-hybridized carbons (Fsp3) is 0.889. The van der Waals surface area contributed by atoms with Crippen LogP contribution in [0.2, 0.25) is 0 Å². The zero-order chi connectivity index (χ0) is 28.8. The molecule has 0 heterocycles. The van der Waals surface area contributed by atoms with Crippen LogP contribution in [0.3, 0.4) is 0 Å². The van der Waals surface area contributed by atoms with E-state index in [2.05, 4.69) is 0 Å². The quantitative estimate of drug-likeness (QED) is 0.242. The average molecular weight is 543 g/mol. The summed E-state index contributed by atoms with van der Waals surface area (Å²) in [5.74, 6) is -5.22. The van der Waals surface area contributed by atoms with E-state index in [-0.39, 0.29) is 25.7 Å². The Kier molecular flexibility index (Phi) is 6.81. The molecule has 0 aromatic carbocycles. The second-order valence-electron chi connectivity index (χ2n) is 12.8. The maximum absolute atomic E-state index is 12.7. The molecule has 11 heteroatoms. The molecule has 4 aliphatic carbocycles. The van der Waals surface area contributed by atoms with Gasteiger partial charge in [-0.2, -0.15) is 0 Å². The van der Waals surface area contributed by atoms with Gasteiger partial charge in [-0.15, -0.1) is 0 Å². The Labute approximate surface area is 222 Å². The second kappa shape index (κ2) is 8.86. The minimum absolute atomic E-state index is 0.0179. The lowest BCUT2D eigenvalue weighted by Gasteiger charge is -2.54. The van der Waals surface area contributed by atoms with Gasteiger partial charge < -0.3 is 39.7 Å². The summed E-state index contributed by atoms with van der Waals surface area (Å²) in [6, 6.07) is 0. The van der Waals surface area contributed by atoms with Crippen LogP contribution in [0.15, 0.2) is 0 Å². The van der Waals surface area contributed by atoms with E-state index in [1.807, 2.05) is 0 Å². The summed E-state index contributed by atoms with van der Waals surface area (Å²) in [4.78, 5) is 37.9. The Balaban J connectivity index is 2.12. The third-order valence-corrected chi connectivity index (χ3v) is 10.6. The van der Waals surface area contributed by atoms with Crippen molar-refractivity contribution in [2.75, 3.05) is 0 Å². The molecular formula is C27H42O11. The van der Waals surface area contributed by atoms with Gasteiger partial charge in [0.25, 0.3) is 0 Å². The molecule has 0 radical (unpaired) electrons. The third kappa shape index (κ3) is 3.47. The van der Waals surface area contributed by atoms with Gasteiger partial charge in [0.05, 0.1) is 28.8 Å². The summed E-state index contributed by atoms with van der Waals surface area (Å²) >= 11 is 0. The summed E-state index contributed by atoms with van der Waals surface area (Å²) in [7, 11) is 0. The highest BCUT2D eigenvalue weighted by Gasteiger charge is 2.84. The molecule has 12 unspecified atom stereocenters. The van der Waals surface area contributed by atoms with Crippen LogP contribution < -0.4 is 0 Å². The van der Waals surface area contributed by atoms with E-state index in [0.717, 1.165) is 13.8 Å². The molecule has 4 fully saturated rings. The van der Waals surface area contributed by atoms with Crippen LogP contribution in [0.5, 0.6) is 0 Å². The number of hydrogen-bond acceptors (Lipinski definition) is 11. The minimum atomic E-state index is -2.16. The van der Waals surface area contributed by atoms with E-state index < -0.39 is 93.8 Å². The number of hydrogen-bond donors (Lipinski definition) is 5. The molecule has 2 bridgehead atoms. The molecular weight excluding hydrogens is 500 g/mol. The summed E-state index contributed by atoms with van der Waals surface area (Å²) in [6.45, 7) is 9.83. The van der Waals surface area contributed by atoms with Crippen LogP contribution in [0.25, 0.3) is 0 Å². The lowest BCUT2D eigenvalue weighted by molar-refractivity contribution is -0.254. The maximum atomic E-state index is 12.7. The lowest BCUT2D eigenvalue weighted by Crippen LogP contribution is -2.68. The molecule has 4 aliphatic rings. The molecule has 0 aromatic heterocycles. The topological polar surface area (TPSA) is 180 Å². The molecule has 0 saturated heterocycles. The third-order valence-electron chi connectivity index (χ3n) is 10.6. The van der Waals surface area contributed by atoms with Crippen LogP contribution in [-0.4, -0.2) is 90.8 Å². The van der Waals surface area contributed by atoms with Crippen molar-refractivity contribution in [3.8, 4) is 0 Å². The van der Waals surface area contributed by atoms with E-state index in [1.165, 1.54) is 13.8 Å². The van der Waals surface area contributed by atoms with Crippen LogP contribution in [0.4, 0.5) is 0 Å². The number of aliphatic hydroxyl groups excluding tert-OH is 2. The van der Waals surface area contributed by atoms with Gasteiger partial charge in [-0.05, 0) is 33.1 Å². The largest absolute Gasteiger partial charge is 0.461 e. The first-order chi connectivity index (χ1) is 17.3. The molecule has 4 saturated carbocycles. The molecule has 38 heavy (non-hydrogen) atoms. The molecule has 5 N–H and O–H groups in total. The van der Waals surface area contributed by atoms with E-state index in [1.54, 1.807) is 20.8 Å². The Morgan fingerprint density at radius 2 is 1.34 bits per heavy atom. The standard InChI is InChI=1S/C27H42O11/c1-8-18(31)38-19-14-9-10-15-25(7,34)16-11-17(30)23(4,5)27(16,35)21(37-13(3)29)20(36-12(2)28)26(15,19)22(32)24(14,6)33/h14-17,19-22,30,32-35H,8-11H2,1-7H3. The highest BCUT2D eigenvalue weighted by Crippen LogP contribution is 2.71. The Morgan fingerprint density at radius 1 is 0.789 bits per heavy atom. The Hall–Kier alpha value is -1.79. The van der Waals surface area contributed by atoms with Crippen molar-refractivity contribution in [3.05, 3.63) is 0 Å². The van der Waals surface area contributed by atoms with Crippen molar-refractivity contribution in [1.29, 1.82) is 0 Å². The van der Waals surface area contributed by atoms with Gasteiger partial charge in [0, 0.05) is 43.4 Å². The first-order valence-corrected chi connectivity index (χ1v) is 13.4. The number of esters is 3. The normalized spacial score (nSPS) is 50.8. The lowest BCUT2D eigenvalue weighted by atomic mass is 9.56. The molecule has 216 valence electrons. The fourth-order valence-corrected chi connectivity index (χ4v) is 8.74. The van der Waals surface area contributed by atoms with Crippen molar-refractivity contribution in [1.82, 2.24) is 0 Å². The van der Waals surface area contributed by atoms with Crippen LogP contribution in [0.1, 0.15) is 74.1 Å². The van der Waals surface area contributed by atoms with E-state index in [9.17, 15) is 39.9 Å². The number of carbonyl (C=O) groups excluding carboxylic acids is 3. The maximum Gasteiger partial charge on any atom is 0.305 e. The number of aliphatic hydroxyl groups is 5. The first kappa shape index (κ1) is 29.2. The molecule has 0 aromatic rings. The Morgan fingerprint density at radius 3 is 1.87 bits per heavy atom. The SMILES string of the molecule is CCC(=O)OC1C2CCC3C(C)(O)C4CC(O)C(C)(C)C4(O)C(OC(C)=O)C(OC(C)=O)C13C(O)C2(C)O. The fourth-order valence-electron chi connectivity index (χ4n) is 8.74. The molecule has 0 amide bonds. The van der Waals surface area contributed by atoms with E-state index >= 15 is 0 Å². The second-order valence-corrected chi connectivity index (χ2v) is 12.8. The number of ether oxygens (including phenoxy) is 3. The van der Waals surface area contributed by atoms with Gasteiger partial charge in [0.1, 0.15) is 11.7 Å². The highest BCUT2D eigenvalue weighted by molar-refractivity contribution is 5.70. The zero-order valence-electron chi connectivity index (χ0n) is 23.1. The molecule has 12 atom stereocenters. The predicted octanol–water partition coefficient (Wildman–Crippen LogP) is 0.212. The van der Waals surface area contributed by atoms with Gasteiger partial charge in [0.15, 0.2) is 12.2 Å². The number of carbonyl (C=O) groups is 3. The first-order valence-electron chi connectivity index (χ1n) is 13.4. The van der Waals surface area contributed by atoms with Crippen molar-refractivity contribution < 1.29 is 54.1 Å².